The van der Waals surface area contributed by atoms with E-state index in [9.17, 15) is 4.79 Å². The molecule has 0 aromatic heterocycles. The number of anilines is 1. The first-order valence-corrected chi connectivity index (χ1v) is 5.54. The number of esters is 1. The van der Waals surface area contributed by atoms with Crippen LogP contribution in [0.25, 0.3) is 0 Å². The van der Waals surface area contributed by atoms with Gasteiger partial charge in [-0.3, -0.25) is 0 Å². The molecule has 0 aliphatic heterocycles. The average Bonchev–Trinajstić information content (AvgIpc) is 2.14. The Morgan fingerprint density at radius 2 is 1.94 bits per heavy atom. The van der Waals surface area contributed by atoms with E-state index in [1.54, 1.807) is 32.9 Å². The molecule has 4 N–H and O–H groups in total. The number of hydrogen-bond acceptors (Lipinski definition) is 4. The Balaban J connectivity index is 2.98. The van der Waals surface area contributed by atoms with Gasteiger partial charge in [0.1, 0.15) is 10.6 Å². The third kappa shape index (κ3) is 3.71. The minimum atomic E-state index is -0.534. The number of rotatable bonds is 2. The van der Waals surface area contributed by atoms with E-state index in [2.05, 4.69) is 0 Å². The molecule has 0 unspecified atom stereocenters. The molecule has 17 heavy (non-hydrogen) atoms. The molecule has 0 heterocycles. The van der Waals surface area contributed by atoms with Crippen molar-refractivity contribution in [2.24, 2.45) is 5.73 Å². The summed E-state index contributed by atoms with van der Waals surface area (Å²) >= 11 is 4.83. The predicted octanol–water partition coefficient (Wildman–Crippen LogP) is 1.86. The van der Waals surface area contributed by atoms with E-state index in [0.717, 1.165) is 0 Å². The van der Waals surface area contributed by atoms with Crippen molar-refractivity contribution >= 4 is 28.9 Å². The van der Waals surface area contributed by atoms with E-state index in [1.807, 2.05) is 0 Å². The Kier molecular flexibility index (Phi) is 3.72. The Morgan fingerprint density at radius 1 is 1.35 bits per heavy atom. The molecule has 5 heteroatoms. The van der Waals surface area contributed by atoms with Crippen LogP contribution in [0, 0.1) is 0 Å². The molecule has 0 aliphatic carbocycles. The SMILES string of the molecule is CC(C)(C)OC(=O)c1ccc(C(N)=S)c(N)c1. The zero-order chi connectivity index (χ0) is 13.2. The molecule has 0 saturated heterocycles. The predicted molar refractivity (Wildman–Crippen MR) is 71.9 cm³/mol. The summed E-state index contributed by atoms with van der Waals surface area (Å²) in [7, 11) is 0. The minimum Gasteiger partial charge on any atom is -0.456 e. The van der Waals surface area contributed by atoms with Crippen molar-refractivity contribution in [1.29, 1.82) is 0 Å². The van der Waals surface area contributed by atoms with E-state index in [-0.39, 0.29) is 4.99 Å². The van der Waals surface area contributed by atoms with Gasteiger partial charge in [0, 0.05) is 11.3 Å². The molecule has 1 rings (SSSR count). The van der Waals surface area contributed by atoms with Crippen molar-refractivity contribution in [2.45, 2.75) is 26.4 Å². The third-order valence-corrected chi connectivity index (χ3v) is 2.17. The van der Waals surface area contributed by atoms with Crippen LogP contribution in [-0.2, 0) is 4.74 Å². The van der Waals surface area contributed by atoms with Gasteiger partial charge in [-0.05, 0) is 39.0 Å². The van der Waals surface area contributed by atoms with Crippen LogP contribution < -0.4 is 11.5 Å². The van der Waals surface area contributed by atoms with Gasteiger partial charge in [-0.2, -0.15) is 0 Å². The highest BCUT2D eigenvalue weighted by Gasteiger charge is 2.18. The topological polar surface area (TPSA) is 78.3 Å². The molecule has 0 spiro atoms. The minimum absolute atomic E-state index is 0.207. The molecular weight excluding hydrogens is 236 g/mol. The van der Waals surface area contributed by atoms with Crippen molar-refractivity contribution in [3.05, 3.63) is 29.3 Å². The Bertz CT molecular complexity index is 464. The fourth-order valence-corrected chi connectivity index (χ4v) is 1.44. The van der Waals surface area contributed by atoms with Crippen molar-refractivity contribution in [3.63, 3.8) is 0 Å². The van der Waals surface area contributed by atoms with Crippen LogP contribution in [0.1, 0.15) is 36.7 Å². The number of carbonyl (C=O) groups excluding carboxylic acids is 1. The van der Waals surface area contributed by atoms with E-state index in [1.165, 1.54) is 6.07 Å². The molecule has 0 amide bonds. The van der Waals surface area contributed by atoms with Gasteiger partial charge in [0.15, 0.2) is 0 Å². The first-order valence-electron chi connectivity index (χ1n) is 5.13. The fourth-order valence-electron chi connectivity index (χ4n) is 1.25. The lowest BCUT2D eigenvalue weighted by Crippen LogP contribution is -2.24. The average molecular weight is 252 g/mol. The molecule has 0 aliphatic rings. The second-order valence-electron chi connectivity index (χ2n) is 4.67. The molecule has 0 fully saturated rings. The lowest BCUT2D eigenvalue weighted by molar-refractivity contribution is 0.00696. The van der Waals surface area contributed by atoms with Crippen LogP contribution in [0.5, 0.6) is 0 Å². The molecule has 0 bridgehead atoms. The lowest BCUT2D eigenvalue weighted by Gasteiger charge is -2.19. The zero-order valence-corrected chi connectivity index (χ0v) is 10.9. The summed E-state index contributed by atoms with van der Waals surface area (Å²) in [5.74, 6) is -0.418. The Hall–Kier alpha value is -1.62. The maximum absolute atomic E-state index is 11.8. The van der Waals surface area contributed by atoms with E-state index >= 15 is 0 Å². The standard InChI is InChI=1S/C12H16N2O2S/c1-12(2,3)16-11(15)7-4-5-8(10(14)17)9(13)6-7/h4-6H,13H2,1-3H3,(H2,14,17). The van der Waals surface area contributed by atoms with Gasteiger partial charge in [0.2, 0.25) is 0 Å². The zero-order valence-electron chi connectivity index (χ0n) is 10.1. The molecule has 0 saturated carbocycles. The monoisotopic (exact) mass is 252 g/mol. The quantitative estimate of drug-likeness (QED) is 0.477. The van der Waals surface area contributed by atoms with Gasteiger partial charge in [-0.15, -0.1) is 0 Å². The maximum Gasteiger partial charge on any atom is 0.338 e. The number of hydrogen-bond donors (Lipinski definition) is 2. The number of thiocarbonyl (C=S) groups is 1. The van der Waals surface area contributed by atoms with E-state index in [0.29, 0.717) is 16.8 Å². The summed E-state index contributed by atoms with van der Waals surface area (Å²) in [6.07, 6.45) is 0. The van der Waals surface area contributed by atoms with Crippen LogP contribution >= 0.6 is 12.2 Å². The van der Waals surface area contributed by atoms with Gasteiger partial charge in [0.25, 0.3) is 0 Å². The molecule has 92 valence electrons. The fraction of sp³-hybridized carbons (Fsp3) is 0.333. The number of nitrogen functional groups attached to an aromatic ring is 1. The highest BCUT2D eigenvalue weighted by molar-refractivity contribution is 7.80. The van der Waals surface area contributed by atoms with Gasteiger partial charge in [-0.1, -0.05) is 12.2 Å². The van der Waals surface area contributed by atoms with Crippen molar-refractivity contribution in [1.82, 2.24) is 0 Å². The van der Waals surface area contributed by atoms with Crippen LogP contribution in [-0.4, -0.2) is 16.6 Å². The molecule has 4 nitrogen and oxygen atoms in total. The van der Waals surface area contributed by atoms with Gasteiger partial charge in [0.05, 0.1) is 5.56 Å². The molecular formula is C12H16N2O2S. The van der Waals surface area contributed by atoms with Crippen molar-refractivity contribution in [2.75, 3.05) is 5.73 Å². The van der Waals surface area contributed by atoms with Crippen LogP contribution in [0.15, 0.2) is 18.2 Å². The summed E-state index contributed by atoms with van der Waals surface area (Å²) in [5.41, 5.74) is 12.0. The number of benzene rings is 1. The first kappa shape index (κ1) is 13.4. The molecule has 1 aromatic carbocycles. The number of ether oxygens (including phenoxy) is 1. The normalized spacial score (nSPS) is 11.0. The highest BCUT2D eigenvalue weighted by Crippen LogP contribution is 2.17. The van der Waals surface area contributed by atoms with Gasteiger partial charge in [-0.25, -0.2) is 4.79 Å². The smallest absolute Gasteiger partial charge is 0.338 e. The molecule has 1 aromatic rings. The number of carbonyl (C=O) groups is 1. The largest absolute Gasteiger partial charge is 0.456 e. The van der Waals surface area contributed by atoms with Gasteiger partial charge < -0.3 is 16.2 Å². The second kappa shape index (κ2) is 4.71. The van der Waals surface area contributed by atoms with Crippen molar-refractivity contribution in [3.8, 4) is 0 Å². The van der Waals surface area contributed by atoms with E-state index in [4.69, 9.17) is 28.4 Å². The Labute approximate surface area is 106 Å². The third-order valence-electron chi connectivity index (χ3n) is 1.95. The lowest BCUT2D eigenvalue weighted by atomic mass is 10.1. The highest BCUT2D eigenvalue weighted by atomic mass is 32.1. The molecule has 0 atom stereocenters. The summed E-state index contributed by atoms with van der Waals surface area (Å²) in [6.45, 7) is 5.41. The maximum atomic E-state index is 11.8. The summed E-state index contributed by atoms with van der Waals surface area (Å²) in [4.78, 5) is 12.0. The number of nitrogens with two attached hydrogens (primary N) is 2. The summed E-state index contributed by atoms with van der Waals surface area (Å²) in [6, 6.07) is 4.73. The van der Waals surface area contributed by atoms with Crippen LogP contribution in [0.4, 0.5) is 5.69 Å². The van der Waals surface area contributed by atoms with E-state index < -0.39 is 11.6 Å². The molecule has 0 radical (unpaired) electrons. The van der Waals surface area contributed by atoms with Crippen LogP contribution in [0.3, 0.4) is 0 Å². The van der Waals surface area contributed by atoms with Crippen LogP contribution in [0.2, 0.25) is 0 Å². The van der Waals surface area contributed by atoms with Crippen molar-refractivity contribution < 1.29 is 9.53 Å². The van der Waals surface area contributed by atoms with Gasteiger partial charge >= 0.3 is 5.97 Å². The second-order valence-corrected chi connectivity index (χ2v) is 5.11. The first-order chi connectivity index (χ1) is 7.70. The summed E-state index contributed by atoms with van der Waals surface area (Å²) < 4.78 is 5.22. The summed E-state index contributed by atoms with van der Waals surface area (Å²) in [5, 5.41) is 0. The Morgan fingerprint density at radius 3 is 2.35 bits per heavy atom.